The smallest absolute Gasteiger partial charge is 0.248 e. The summed E-state index contributed by atoms with van der Waals surface area (Å²) in [5.74, 6) is 6.89. The Morgan fingerprint density at radius 2 is 2.00 bits per heavy atom. The molecule has 116 valence electrons. The molecule has 3 aromatic rings. The number of halogens is 1. The number of hydrogen-bond donors (Lipinski definition) is 1. The van der Waals surface area contributed by atoms with Crippen LogP contribution in [-0.2, 0) is 0 Å². The van der Waals surface area contributed by atoms with Crippen molar-refractivity contribution in [2.75, 3.05) is 5.01 Å². The van der Waals surface area contributed by atoms with E-state index in [9.17, 15) is 4.79 Å². The average molecular weight is 329 g/mol. The lowest BCUT2D eigenvalue weighted by Crippen LogP contribution is -2.33. The van der Waals surface area contributed by atoms with Crippen LogP contribution in [0.1, 0.15) is 5.82 Å². The first-order valence-corrected chi connectivity index (χ1v) is 7.13. The van der Waals surface area contributed by atoms with E-state index in [0.29, 0.717) is 22.4 Å². The van der Waals surface area contributed by atoms with Gasteiger partial charge in [-0.1, -0.05) is 23.7 Å². The lowest BCUT2D eigenvalue weighted by atomic mass is 10.3. The fraction of sp³-hybridized carbons (Fsp3) is 0.0667. The first kappa shape index (κ1) is 15.1. The molecule has 0 spiro atoms. The molecule has 0 amide bonds. The lowest BCUT2D eigenvalue weighted by molar-refractivity contribution is 0.788. The third-order valence-corrected chi connectivity index (χ3v) is 3.39. The van der Waals surface area contributed by atoms with Gasteiger partial charge >= 0.3 is 5.69 Å². The monoisotopic (exact) mass is 328 g/mol. The van der Waals surface area contributed by atoms with Crippen molar-refractivity contribution in [3.05, 3.63) is 70.0 Å². The highest BCUT2D eigenvalue weighted by Gasteiger charge is 2.14. The predicted molar refractivity (Wildman–Crippen MR) is 87.9 cm³/mol. The lowest BCUT2D eigenvalue weighted by Gasteiger charge is -2.16. The van der Waals surface area contributed by atoms with Crippen LogP contribution in [0.15, 0.2) is 53.5 Å². The number of aryl methyl sites for hydroxylation is 1. The molecule has 0 radical (unpaired) electrons. The number of nitrogens with two attached hydrogens (primary N) is 1. The molecule has 0 bridgehead atoms. The molecule has 0 aliphatic heterocycles. The summed E-state index contributed by atoms with van der Waals surface area (Å²) in [6.07, 6.45) is 1.59. The Balaban J connectivity index is 2.06. The van der Waals surface area contributed by atoms with E-state index >= 15 is 0 Å². The second-order valence-corrected chi connectivity index (χ2v) is 5.16. The summed E-state index contributed by atoms with van der Waals surface area (Å²) in [5.41, 5.74) is 0.0918. The highest BCUT2D eigenvalue weighted by Crippen LogP contribution is 2.17. The zero-order chi connectivity index (χ0) is 16.4. The van der Waals surface area contributed by atoms with Gasteiger partial charge in [-0.25, -0.2) is 25.2 Å². The number of hydrazine groups is 1. The molecular weight excluding hydrogens is 316 g/mol. The molecule has 2 heterocycles. The van der Waals surface area contributed by atoms with E-state index < -0.39 is 5.69 Å². The van der Waals surface area contributed by atoms with Gasteiger partial charge in [0.05, 0.1) is 5.69 Å². The molecule has 23 heavy (non-hydrogen) atoms. The van der Waals surface area contributed by atoms with Gasteiger partial charge in [0.15, 0.2) is 0 Å². The second kappa shape index (κ2) is 6.15. The van der Waals surface area contributed by atoms with Crippen LogP contribution in [0.5, 0.6) is 0 Å². The average Bonchev–Trinajstić information content (AvgIpc) is 2.54. The molecule has 0 saturated carbocycles. The summed E-state index contributed by atoms with van der Waals surface area (Å²) < 4.78 is 1.36. The number of anilines is 2. The van der Waals surface area contributed by atoms with Crippen molar-refractivity contribution in [1.29, 1.82) is 0 Å². The van der Waals surface area contributed by atoms with Crippen LogP contribution in [0.3, 0.4) is 0 Å². The van der Waals surface area contributed by atoms with Gasteiger partial charge in [-0.3, -0.25) is 0 Å². The van der Waals surface area contributed by atoms with Gasteiger partial charge < -0.3 is 0 Å². The molecule has 0 fully saturated rings. The molecule has 7 nitrogen and oxygen atoms in total. The maximum absolute atomic E-state index is 12.4. The number of benzene rings is 1. The van der Waals surface area contributed by atoms with Gasteiger partial charge in [-0.05, 0) is 37.3 Å². The van der Waals surface area contributed by atoms with Crippen molar-refractivity contribution in [3.8, 4) is 5.69 Å². The SMILES string of the molecule is Cc1nc(N(N)c2ccccn2)nc(=O)n1-c1cccc(Cl)c1. The maximum atomic E-state index is 12.4. The molecule has 0 saturated heterocycles. The van der Waals surface area contributed by atoms with Crippen molar-refractivity contribution < 1.29 is 0 Å². The Labute approximate surface area is 137 Å². The van der Waals surface area contributed by atoms with Crippen molar-refractivity contribution in [2.24, 2.45) is 5.84 Å². The molecule has 2 N–H and O–H groups in total. The normalized spacial score (nSPS) is 10.6. The number of hydrogen-bond acceptors (Lipinski definition) is 6. The molecule has 2 aromatic heterocycles. The van der Waals surface area contributed by atoms with Crippen molar-refractivity contribution >= 4 is 23.4 Å². The van der Waals surface area contributed by atoms with Gasteiger partial charge in [0.2, 0.25) is 0 Å². The molecule has 0 unspecified atom stereocenters. The summed E-state index contributed by atoms with van der Waals surface area (Å²) in [4.78, 5) is 24.7. The Kier molecular flexibility index (Phi) is 4.05. The maximum Gasteiger partial charge on any atom is 0.356 e. The van der Waals surface area contributed by atoms with Gasteiger partial charge in [-0.2, -0.15) is 9.97 Å². The highest BCUT2D eigenvalue weighted by molar-refractivity contribution is 6.30. The summed E-state index contributed by atoms with van der Waals surface area (Å²) in [5, 5.41) is 1.68. The van der Waals surface area contributed by atoms with Crippen LogP contribution in [-0.4, -0.2) is 19.5 Å². The van der Waals surface area contributed by atoms with E-state index in [2.05, 4.69) is 15.0 Å². The second-order valence-electron chi connectivity index (χ2n) is 4.73. The molecule has 0 aliphatic carbocycles. The number of pyridine rings is 1. The van der Waals surface area contributed by atoms with Crippen LogP contribution in [0.25, 0.3) is 5.69 Å². The molecule has 1 aromatic carbocycles. The van der Waals surface area contributed by atoms with Crippen molar-refractivity contribution in [1.82, 2.24) is 19.5 Å². The molecule has 0 atom stereocenters. The minimum absolute atomic E-state index is 0.0736. The number of aromatic nitrogens is 4. The van der Waals surface area contributed by atoms with Gasteiger partial charge in [0, 0.05) is 11.2 Å². The molecule has 3 rings (SSSR count). The van der Waals surface area contributed by atoms with E-state index in [1.165, 1.54) is 4.57 Å². The van der Waals surface area contributed by atoms with E-state index in [4.69, 9.17) is 17.4 Å². The number of nitrogens with zero attached hydrogens (tertiary/aromatic N) is 5. The van der Waals surface area contributed by atoms with E-state index in [0.717, 1.165) is 5.01 Å². The van der Waals surface area contributed by atoms with Gasteiger partial charge in [-0.15, -0.1) is 0 Å². The quantitative estimate of drug-likeness (QED) is 0.584. The third-order valence-electron chi connectivity index (χ3n) is 3.15. The first-order chi connectivity index (χ1) is 11.1. The van der Waals surface area contributed by atoms with Crippen molar-refractivity contribution in [2.45, 2.75) is 6.92 Å². The zero-order valence-corrected chi connectivity index (χ0v) is 13.0. The van der Waals surface area contributed by atoms with Crippen LogP contribution in [0.2, 0.25) is 5.02 Å². The molecular formula is C15H13ClN6O. The Morgan fingerprint density at radius 3 is 2.65 bits per heavy atom. The molecule has 8 heteroatoms. The van der Waals surface area contributed by atoms with Crippen LogP contribution >= 0.6 is 11.6 Å². The summed E-state index contributed by atoms with van der Waals surface area (Å²) in [6.45, 7) is 1.69. The predicted octanol–water partition coefficient (Wildman–Crippen LogP) is 2.00. The van der Waals surface area contributed by atoms with Crippen LogP contribution in [0, 0.1) is 6.92 Å². The fourth-order valence-corrected chi connectivity index (χ4v) is 2.30. The van der Waals surface area contributed by atoms with E-state index in [1.54, 1.807) is 55.6 Å². The fourth-order valence-electron chi connectivity index (χ4n) is 2.11. The number of rotatable bonds is 3. The van der Waals surface area contributed by atoms with Gasteiger partial charge in [0.25, 0.3) is 5.95 Å². The minimum atomic E-state index is -0.499. The standard InChI is InChI=1S/C15H13ClN6O/c1-10-19-14(22(17)13-7-2-3-8-18-13)20-15(23)21(10)12-6-4-5-11(16)9-12/h2-9H,17H2,1H3. The van der Waals surface area contributed by atoms with Gasteiger partial charge in [0.1, 0.15) is 11.6 Å². The Hall–Kier alpha value is -2.77. The summed E-state index contributed by atoms with van der Waals surface area (Å²) in [6, 6.07) is 12.1. The first-order valence-electron chi connectivity index (χ1n) is 6.76. The van der Waals surface area contributed by atoms with E-state index in [1.807, 2.05) is 0 Å². The van der Waals surface area contributed by atoms with Crippen LogP contribution < -0.4 is 16.5 Å². The van der Waals surface area contributed by atoms with E-state index in [-0.39, 0.29) is 5.95 Å². The Morgan fingerprint density at radius 1 is 1.17 bits per heavy atom. The topological polar surface area (TPSA) is 89.9 Å². The third kappa shape index (κ3) is 3.05. The summed E-state index contributed by atoms with van der Waals surface area (Å²) >= 11 is 5.97. The van der Waals surface area contributed by atoms with Crippen molar-refractivity contribution in [3.63, 3.8) is 0 Å². The molecule has 0 aliphatic rings. The minimum Gasteiger partial charge on any atom is -0.248 e. The summed E-state index contributed by atoms with van der Waals surface area (Å²) in [7, 11) is 0. The Bertz CT molecular complexity index is 896. The largest absolute Gasteiger partial charge is 0.356 e. The van der Waals surface area contributed by atoms with Crippen LogP contribution in [0.4, 0.5) is 11.8 Å². The highest BCUT2D eigenvalue weighted by atomic mass is 35.5. The zero-order valence-electron chi connectivity index (χ0n) is 12.2.